The maximum Gasteiger partial charge on any atom is 0.410 e. The van der Waals surface area contributed by atoms with Gasteiger partial charge in [0, 0.05) is 10.6 Å². The molecule has 0 bridgehead atoms. The summed E-state index contributed by atoms with van der Waals surface area (Å²) in [5, 5.41) is 19.3. The van der Waals surface area contributed by atoms with E-state index in [0.29, 0.717) is 42.0 Å². The van der Waals surface area contributed by atoms with Crippen molar-refractivity contribution in [2.45, 2.75) is 31.7 Å². The molecule has 9 nitrogen and oxygen atoms in total. The monoisotopic (exact) mass is 487 g/mol. The zero-order chi connectivity index (χ0) is 24.5. The smallest absolute Gasteiger partial charge is 0.410 e. The molecule has 10 heteroatoms. The molecule has 2 aliphatic heterocycles. The lowest BCUT2D eigenvalue weighted by atomic mass is 9.78. The molecule has 1 aliphatic carbocycles. The van der Waals surface area contributed by atoms with Crippen molar-refractivity contribution in [3.8, 4) is 0 Å². The lowest BCUT2D eigenvalue weighted by molar-refractivity contribution is -0.141. The number of allylic oxidation sites excluding steroid dienone is 2. The van der Waals surface area contributed by atoms with Gasteiger partial charge in [0.05, 0.1) is 12.1 Å². The van der Waals surface area contributed by atoms with Crippen molar-refractivity contribution < 1.29 is 38.8 Å². The molecule has 2 N–H and O–H groups in total. The number of rotatable bonds is 7. The Morgan fingerprint density at radius 2 is 1.97 bits per heavy atom. The summed E-state index contributed by atoms with van der Waals surface area (Å²) >= 11 is 6.20. The van der Waals surface area contributed by atoms with Crippen LogP contribution in [0.3, 0.4) is 0 Å². The fraction of sp³-hybridized carbons (Fsp3) is 0.292. The summed E-state index contributed by atoms with van der Waals surface area (Å²) in [7, 11) is 0. The van der Waals surface area contributed by atoms with Crippen LogP contribution in [0.1, 0.15) is 25.3 Å². The number of halogens is 1. The molecular weight excluding hydrogens is 466 g/mol. The molecule has 0 spiro atoms. The number of ether oxygens (including phenoxy) is 3. The first kappa shape index (κ1) is 23.4. The van der Waals surface area contributed by atoms with Crippen LogP contribution in [0.25, 0.3) is 0 Å². The van der Waals surface area contributed by atoms with Gasteiger partial charge in [-0.3, -0.25) is 4.90 Å². The molecule has 1 aromatic carbocycles. The molecule has 34 heavy (non-hydrogen) atoms. The number of carboxylic acid groups (broad SMARTS) is 2. The Labute approximate surface area is 200 Å². The van der Waals surface area contributed by atoms with Crippen molar-refractivity contribution in [1.29, 1.82) is 0 Å². The molecule has 178 valence electrons. The summed E-state index contributed by atoms with van der Waals surface area (Å²) in [5.74, 6) is -4.68. The summed E-state index contributed by atoms with van der Waals surface area (Å²) in [6.07, 6.45) is 5.94. The Morgan fingerprint density at radius 1 is 1.21 bits per heavy atom. The number of amides is 1. The van der Waals surface area contributed by atoms with Gasteiger partial charge in [-0.1, -0.05) is 35.9 Å². The number of aliphatic carboxylic acids is 2. The van der Waals surface area contributed by atoms with Crippen molar-refractivity contribution in [3.05, 3.63) is 81.7 Å². The molecular formula is C24H22ClNO8. The molecule has 3 aliphatic rings. The number of benzene rings is 1. The lowest BCUT2D eigenvalue weighted by Gasteiger charge is -2.41. The largest absolute Gasteiger partial charge is 0.475 e. The number of hydrogen-bond acceptors (Lipinski definition) is 6. The van der Waals surface area contributed by atoms with Gasteiger partial charge in [-0.25, -0.2) is 14.4 Å². The molecule has 1 unspecified atom stereocenters. The molecule has 0 aromatic heterocycles. The molecule has 0 saturated carbocycles. The molecule has 1 saturated heterocycles. The quantitative estimate of drug-likeness (QED) is 0.591. The number of carboxylic acids is 2. The van der Waals surface area contributed by atoms with Crippen LogP contribution in [0.2, 0.25) is 5.02 Å². The maximum atomic E-state index is 12.7. The molecule has 1 amide bonds. The third kappa shape index (κ3) is 4.38. The summed E-state index contributed by atoms with van der Waals surface area (Å²) in [4.78, 5) is 37.3. The van der Waals surface area contributed by atoms with Gasteiger partial charge in [-0.2, -0.15) is 0 Å². The molecule has 4 rings (SSSR count). The van der Waals surface area contributed by atoms with Crippen LogP contribution in [-0.4, -0.2) is 51.8 Å². The zero-order valence-corrected chi connectivity index (χ0v) is 19.0. The van der Waals surface area contributed by atoms with Crippen molar-refractivity contribution in [2.24, 2.45) is 0 Å². The van der Waals surface area contributed by atoms with Crippen LogP contribution in [0.4, 0.5) is 4.79 Å². The van der Waals surface area contributed by atoms with Crippen LogP contribution in [0.5, 0.6) is 0 Å². The first-order valence-corrected chi connectivity index (χ1v) is 10.9. The van der Waals surface area contributed by atoms with Crippen molar-refractivity contribution in [3.63, 3.8) is 0 Å². The number of hydrogen-bond donors (Lipinski definition) is 2. The maximum absolute atomic E-state index is 12.7. The number of carbonyl (C=O) groups excluding carboxylic acids is 1. The van der Waals surface area contributed by atoms with Crippen molar-refractivity contribution in [2.75, 3.05) is 13.2 Å². The summed E-state index contributed by atoms with van der Waals surface area (Å²) in [5.41, 5.74) is 1.29. The summed E-state index contributed by atoms with van der Waals surface area (Å²) in [6, 6.07) is 7.31. The van der Waals surface area contributed by atoms with E-state index in [-0.39, 0.29) is 12.4 Å². The highest BCUT2D eigenvalue weighted by molar-refractivity contribution is 6.30. The second-order valence-corrected chi connectivity index (χ2v) is 8.59. The minimum absolute atomic E-state index is 0.0756. The van der Waals surface area contributed by atoms with E-state index in [0.717, 1.165) is 11.8 Å². The highest BCUT2D eigenvalue weighted by Crippen LogP contribution is 2.41. The van der Waals surface area contributed by atoms with Gasteiger partial charge in [0.25, 0.3) is 11.5 Å². The van der Waals surface area contributed by atoms with Gasteiger partial charge >= 0.3 is 18.0 Å². The zero-order valence-electron chi connectivity index (χ0n) is 18.2. The minimum atomic E-state index is -1.57. The lowest BCUT2D eigenvalue weighted by Crippen LogP contribution is -2.50. The Balaban J connectivity index is 1.81. The van der Waals surface area contributed by atoms with Crippen LogP contribution in [0.15, 0.2) is 71.1 Å². The van der Waals surface area contributed by atoms with Crippen molar-refractivity contribution >= 4 is 29.6 Å². The Kier molecular flexibility index (Phi) is 6.39. The predicted molar refractivity (Wildman–Crippen MR) is 120 cm³/mol. The van der Waals surface area contributed by atoms with E-state index in [1.165, 1.54) is 0 Å². The third-order valence-corrected chi connectivity index (χ3v) is 6.17. The van der Waals surface area contributed by atoms with Gasteiger partial charge in [0.1, 0.15) is 12.9 Å². The molecule has 1 aromatic rings. The Morgan fingerprint density at radius 3 is 2.62 bits per heavy atom. The summed E-state index contributed by atoms with van der Waals surface area (Å²) in [6.45, 7) is 2.50. The molecule has 1 atom stereocenters. The second kappa shape index (κ2) is 9.26. The third-order valence-electron chi connectivity index (χ3n) is 5.93. The first-order chi connectivity index (χ1) is 16.2. The highest BCUT2D eigenvalue weighted by atomic mass is 35.5. The Bertz CT molecular complexity index is 1180. The number of nitrogens with zero attached hydrogens (tertiary/aromatic N) is 1. The second-order valence-electron chi connectivity index (χ2n) is 8.15. The SMILES string of the molecule is CC(Cc1cccc(Cl)c1)(C1=C(C2=COC(C(=O)O)=C(C(=O)O)O2)CCC=C1)N1CCOC1=O. The first-order valence-electron chi connectivity index (χ1n) is 10.6. The molecule has 2 heterocycles. The predicted octanol–water partition coefficient (Wildman–Crippen LogP) is 4.01. The van der Waals surface area contributed by atoms with Gasteiger partial charge in [0.15, 0.2) is 5.76 Å². The number of cyclic esters (lactones) is 1. The highest BCUT2D eigenvalue weighted by Gasteiger charge is 2.44. The van der Waals surface area contributed by atoms with Gasteiger partial charge < -0.3 is 24.4 Å². The average Bonchev–Trinajstić information content (AvgIpc) is 3.25. The van der Waals surface area contributed by atoms with E-state index in [2.05, 4.69) is 0 Å². The van der Waals surface area contributed by atoms with E-state index in [1.54, 1.807) is 11.0 Å². The fourth-order valence-electron chi connectivity index (χ4n) is 4.41. The van der Waals surface area contributed by atoms with Crippen LogP contribution < -0.4 is 0 Å². The molecule has 1 fully saturated rings. The Hall–Kier alpha value is -3.72. The van der Waals surface area contributed by atoms with E-state index >= 15 is 0 Å². The van der Waals surface area contributed by atoms with E-state index < -0.39 is 35.1 Å². The van der Waals surface area contributed by atoms with Crippen molar-refractivity contribution in [1.82, 2.24) is 4.90 Å². The van der Waals surface area contributed by atoms with Crippen LogP contribution in [0, 0.1) is 0 Å². The number of carbonyl (C=O) groups is 3. The van der Waals surface area contributed by atoms with Crippen LogP contribution in [-0.2, 0) is 30.2 Å². The van der Waals surface area contributed by atoms with E-state index in [9.17, 15) is 24.6 Å². The molecule has 0 radical (unpaired) electrons. The standard InChI is InChI=1S/C24H22ClNO8/c1-24(26-9-10-32-23(26)31,12-14-5-4-6-15(25)11-14)17-8-3-2-7-16(17)18-13-33-19(21(27)28)20(34-18)22(29)30/h3-6,8,11,13H,2,7,9-10,12H2,1H3,(H,27,28)(H,29,30). The fourth-order valence-corrected chi connectivity index (χ4v) is 4.63. The topological polar surface area (TPSA) is 123 Å². The minimum Gasteiger partial charge on any atom is -0.475 e. The van der Waals surface area contributed by atoms with E-state index in [1.807, 2.05) is 37.3 Å². The summed E-state index contributed by atoms with van der Waals surface area (Å²) < 4.78 is 15.9. The van der Waals surface area contributed by atoms with Gasteiger partial charge in [-0.15, -0.1) is 0 Å². The van der Waals surface area contributed by atoms with Crippen LogP contribution >= 0.6 is 11.6 Å². The normalized spacial score (nSPS) is 19.8. The van der Waals surface area contributed by atoms with E-state index in [4.69, 9.17) is 25.8 Å². The van der Waals surface area contributed by atoms with Gasteiger partial charge in [0.2, 0.25) is 0 Å². The van der Waals surface area contributed by atoms with Gasteiger partial charge in [-0.05, 0) is 49.5 Å². The average molecular weight is 488 g/mol.